The van der Waals surface area contributed by atoms with Crippen LogP contribution in [0.5, 0.6) is 0 Å². The van der Waals surface area contributed by atoms with Gasteiger partial charge in [-0.15, -0.1) is 0 Å². The van der Waals surface area contributed by atoms with Crippen LogP contribution in [-0.4, -0.2) is 41.8 Å². The van der Waals surface area contributed by atoms with Gasteiger partial charge in [0.05, 0.1) is 0 Å². The summed E-state index contributed by atoms with van der Waals surface area (Å²) in [6.07, 6.45) is -5.28. The van der Waals surface area contributed by atoms with Gasteiger partial charge in [-0.1, -0.05) is 0 Å². The van der Waals surface area contributed by atoms with Crippen LogP contribution in [0.1, 0.15) is 0 Å². The monoisotopic (exact) mass is 282 g/mol. The zero-order valence-electron chi connectivity index (χ0n) is 7.51. The van der Waals surface area contributed by atoms with Crippen molar-refractivity contribution in [3.05, 3.63) is 0 Å². The first-order valence-electron chi connectivity index (χ1n) is 3.66. The second kappa shape index (κ2) is 4.18. The standard InChI is InChI=1S/C6H4F10O/c7-2(8)4(11,12)6(15,16)5(13,14)3(9,10)1-17/h2,17H,1H2. The molecule has 0 spiro atoms. The Hall–Kier alpha value is -0.740. The fraction of sp³-hybridized carbons (Fsp3) is 1.00. The average molecular weight is 282 g/mol. The van der Waals surface area contributed by atoms with Gasteiger partial charge in [-0.25, -0.2) is 8.78 Å². The molecule has 17 heavy (non-hydrogen) atoms. The molecule has 0 aliphatic rings. The normalized spacial score (nSPS) is 15.5. The van der Waals surface area contributed by atoms with Gasteiger partial charge < -0.3 is 5.11 Å². The number of hydrogen-bond acceptors (Lipinski definition) is 1. The summed E-state index contributed by atoms with van der Waals surface area (Å²) in [4.78, 5) is 0. The van der Waals surface area contributed by atoms with Crippen LogP contribution in [-0.2, 0) is 0 Å². The number of aliphatic hydroxyl groups excluding tert-OH is 1. The molecule has 0 heterocycles. The lowest BCUT2D eigenvalue weighted by Crippen LogP contribution is -2.65. The number of halogens is 10. The highest BCUT2D eigenvalue weighted by Crippen LogP contribution is 2.53. The lowest BCUT2D eigenvalue weighted by atomic mass is 9.99. The van der Waals surface area contributed by atoms with Gasteiger partial charge in [-0.2, -0.15) is 35.1 Å². The minimum atomic E-state index is -7.03. The second-order valence-electron chi connectivity index (χ2n) is 2.94. The fourth-order valence-corrected chi connectivity index (χ4v) is 0.675. The van der Waals surface area contributed by atoms with Gasteiger partial charge in [-0.3, -0.25) is 0 Å². The van der Waals surface area contributed by atoms with Crippen LogP contribution in [0.15, 0.2) is 0 Å². The predicted molar refractivity (Wildman–Crippen MR) is 32.9 cm³/mol. The molecule has 0 saturated heterocycles. The van der Waals surface area contributed by atoms with E-state index in [9.17, 15) is 43.9 Å². The number of rotatable bonds is 5. The molecule has 0 unspecified atom stereocenters. The topological polar surface area (TPSA) is 20.2 Å². The van der Waals surface area contributed by atoms with Crippen LogP contribution in [0.3, 0.4) is 0 Å². The SMILES string of the molecule is OCC(F)(F)C(F)(F)C(F)(F)C(F)(F)C(F)F. The van der Waals surface area contributed by atoms with E-state index in [-0.39, 0.29) is 0 Å². The molecule has 0 aromatic rings. The average Bonchev–Trinajstić information content (AvgIpc) is 2.16. The first-order valence-corrected chi connectivity index (χ1v) is 3.66. The molecular weight excluding hydrogens is 278 g/mol. The molecule has 0 aromatic heterocycles. The lowest BCUT2D eigenvalue weighted by molar-refractivity contribution is -0.386. The molecule has 0 saturated carbocycles. The van der Waals surface area contributed by atoms with E-state index in [1.165, 1.54) is 0 Å². The van der Waals surface area contributed by atoms with Gasteiger partial charge in [0.25, 0.3) is 0 Å². The van der Waals surface area contributed by atoms with Crippen molar-refractivity contribution in [3.8, 4) is 0 Å². The van der Waals surface area contributed by atoms with Gasteiger partial charge in [0.2, 0.25) is 0 Å². The Balaban J connectivity index is 5.61. The van der Waals surface area contributed by atoms with Crippen LogP contribution in [0, 0.1) is 0 Å². The van der Waals surface area contributed by atoms with Crippen molar-refractivity contribution in [2.45, 2.75) is 30.1 Å². The summed E-state index contributed by atoms with van der Waals surface area (Å²) in [5, 5.41) is 7.70. The van der Waals surface area contributed by atoms with Crippen LogP contribution in [0.2, 0.25) is 0 Å². The molecule has 11 heteroatoms. The fourth-order valence-electron chi connectivity index (χ4n) is 0.675. The summed E-state index contributed by atoms with van der Waals surface area (Å²) in [6.45, 7) is -2.91. The summed E-state index contributed by atoms with van der Waals surface area (Å²) in [5.74, 6) is -26.5. The Morgan fingerprint density at radius 2 is 1.12 bits per heavy atom. The number of aliphatic hydroxyl groups is 1. The van der Waals surface area contributed by atoms with E-state index in [1.54, 1.807) is 0 Å². The Bertz CT molecular complexity index is 272. The summed E-state index contributed by atoms with van der Waals surface area (Å²) >= 11 is 0. The van der Waals surface area contributed by atoms with Crippen molar-refractivity contribution >= 4 is 0 Å². The molecule has 0 aliphatic heterocycles. The molecule has 1 nitrogen and oxygen atoms in total. The number of hydrogen-bond donors (Lipinski definition) is 1. The summed E-state index contributed by atoms with van der Waals surface area (Å²) in [5.41, 5.74) is 0. The maximum absolute atomic E-state index is 12.4. The van der Waals surface area contributed by atoms with E-state index in [1.807, 2.05) is 0 Å². The quantitative estimate of drug-likeness (QED) is 0.769. The predicted octanol–water partition coefficient (Wildman–Crippen LogP) is 2.79. The Kier molecular flexibility index (Phi) is 3.99. The van der Waals surface area contributed by atoms with Crippen molar-refractivity contribution < 1.29 is 49.0 Å². The summed E-state index contributed by atoms with van der Waals surface area (Å²) in [7, 11) is 0. The lowest BCUT2D eigenvalue weighted by Gasteiger charge is -2.35. The molecular formula is C6H4F10O. The van der Waals surface area contributed by atoms with Gasteiger partial charge in [0, 0.05) is 0 Å². The molecule has 0 aromatic carbocycles. The van der Waals surface area contributed by atoms with Crippen molar-refractivity contribution in [3.63, 3.8) is 0 Å². The van der Waals surface area contributed by atoms with Crippen LogP contribution >= 0.6 is 0 Å². The molecule has 0 radical (unpaired) electrons. The molecule has 0 fully saturated rings. The van der Waals surface area contributed by atoms with Gasteiger partial charge in [0.15, 0.2) is 0 Å². The maximum Gasteiger partial charge on any atom is 0.384 e. The number of alkyl halides is 10. The molecule has 0 bridgehead atoms. The van der Waals surface area contributed by atoms with E-state index >= 15 is 0 Å². The van der Waals surface area contributed by atoms with E-state index < -0.39 is 36.7 Å². The highest BCUT2D eigenvalue weighted by atomic mass is 19.4. The van der Waals surface area contributed by atoms with Crippen molar-refractivity contribution in [1.29, 1.82) is 0 Å². The van der Waals surface area contributed by atoms with Gasteiger partial charge in [-0.05, 0) is 0 Å². The van der Waals surface area contributed by atoms with Crippen LogP contribution < -0.4 is 0 Å². The minimum absolute atomic E-state index is 2.91. The van der Waals surface area contributed by atoms with Crippen LogP contribution in [0.4, 0.5) is 43.9 Å². The highest BCUT2D eigenvalue weighted by molar-refractivity contribution is 5.04. The molecule has 1 N–H and O–H groups in total. The van der Waals surface area contributed by atoms with E-state index in [4.69, 9.17) is 5.11 Å². The Labute approximate surface area is 87.0 Å². The highest BCUT2D eigenvalue weighted by Gasteiger charge is 2.82. The third-order valence-electron chi connectivity index (χ3n) is 1.74. The molecule has 0 atom stereocenters. The van der Waals surface area contributed by atoms with E-state index in [0.29, 0.717) is 0 Å². The van der Waals surface area contributed by atoms with Gasteiger partial charge in [0.1, 0.15) is 6.61 Å². The molecule has 0 rings (SSSR count). The largest absolute Gasteiger partial charge is 0.390 e. The molecule has 0 aliphatic carbocycles. The van der Waals surface area contributed by atoms with Crippen LogP contribution in [0.25, 0.3) is 0 Å². The Morgan fingerprint density at radius 3 is 1.35 bits per heavy atom. The summed E-state index contributed by atoms with van der Waals surface area (Å²) in [6, 6.07) is 0. The first kappa shape index (κ1) is 16.3. The van der Waals surface area contributed by atoms with E-state index in [0.717, 1.165) is 0 Å². The Morgan fingerprint density at radius 1 is 0.765 bits per heavy atom. The van der Waals surface area contributed by atoms with Crippen molar-refractivity contribution in [2.75, 3.05) is 6.61 Å². The molecule has 104 valence electrons. The zero-order valence-corrected chi connectivity index (χ0v) is 7.51. The zero-order chi connectivity index (χ0) is 14.3. The first-order chi connectivity index (χ1) is 7.25. The van der Waals surface area contributed by atoms with Crippen molar-refractivity contribution in [2.24, 2.45) is 0 Å². The minimum Gasteiger partial charge on any atom is -0.390 e. The third-order valence-corrected chi connectivity index (χ3v) is 1.74. The van der Waals surface area contributed by atoms with E-state index in [2.05, 4.69) is 0 Å². The third kappa shape index (κ3) is 2.16. The van der Waals surface area contributed by atoms with Crippen molar-refractivity contribution in [1.82, 2.24) is 0 Å². The maximum atomic E-state index is 12.4. The van der Waals surface area contributed by atoms with Gasteiger partial charge >= 0.3 is 30.1 Å². The smallest absolute Gasteiger partial charge is 0.384 e. The molecule has 0 amide bonds. The second-order valence-corrected chi connectivity index (χ2v) is 2.94. The summed E-state index contributed by atoms with van der Waals surface area (Å²) < 4.78 is 121.